The summed E-state index contributed by atoms with van der Waals surface area (Å²) in [6, 6.07) is 13.0. The quantitative estimate of drug-likeness (QED) is 0.712. The number of methoxy groups -OCH3 is 1. The molecule has 126 valence electrons. The first-order chi connectivity index (χ1) is 12.2. The molecule has 0 amide bonds. The van der Waals surface area contributed by atoms with E-state index in [1.807, 2.05) is 24.3 Å². The lowest BCUT2D eigenvalue weighted by atomic mass is 9.90. The van der Waals surface area contributed by atoms with Gasteiger partial charge in [-0.1, -0.05) is 18.2 Å². The van der Waals surface area contributed by atoms with Crippen LogP contribution in [-0.2, 0) is 6.42 Å². The van der Waals surface area contributed by atoms with Gasteiger partial charge in [-0.15, -0.1) is 0 Å². The smallest absolute Gasteiger partial charge is 0.196 e. The van der Waals surface area contributed by atoms with Gasteiger partial charge < -0.3 is 14.9 Å². The van der Waals surface area contributed by atoms with E-state index in [0.717, 1.165) is 41.7 Å². The largest absolute Gasteiger partial charge is 0.496 e. The molecule has 2 aromatic carbocycles. The normalized spacial score (nSPS) is 15.3. The highest BCUT2D eigenvalue weighted by molar-refractivity contribution is 5.87. The third kappa shape index (κ3) is 2.70. The average molecular weight is 333 g/mol. The minimum absolute atomic E-state index is 0.0434. The van der Waals surface area contributed by atoms with E-state index in [4.69, 9.17) is 14.9 Å². The van der Waals surface area contributed by atoms with Gasteiger partial charge in [0.05, 0.1) is 12.5 Å². The molecule has 1 aliphatic carbocycles. The SMILES string of the molecule is COc1ccccc1C=C1CCCc2c1oc1cc(N)ccc1c2=O. The van der Waals surface area contributed by atoms with Crippen LogP contribution in [0.15, 0.2) is 51.7 Å². The van der Waals surface area contributed by atoms with Crippen molar-refractivity contribution in [2.45, 2.75) is 19.3 Å². The van der Waals surface area contributed by atoms with Crippen LogP contribution in [0.4, 0.5) is 5.69 Å². The highest BCUT2D eigenvalue weighted by Gasteiger charge is 2.22. The van der Waals surface area contributed by atoms with Crippen molar-refractivity contribution in [2.24, 2.45) is 0 Å². The second-order valence-electron chi connectivity index (χ2n) is 6.26. The van der Waals surface area contributed by atoms with E-state index in [0.29, 0.717) is 22.4 Å². The maximum absolute atomic E-state index is 12.9. The van der Waals surface area contributed by atoms with Gasteiger partial charge in [-0.25, -0.2) is 0 Å². The van der Waals surface area contributed by atoms with Crippen molar-refractivity contribution < 1.29 is 9.15 Å². The summed E-state index contributed by atoms with van der Waals surface area (Å²) in [6.45, 7) is 0. The third-order valence-electron chi connectivity index (χ3n) is 4.64. The number of hydrogen-bond donors (Lipinski definition) is 1. The van der Waals surface area contributed by atoms with Gasteiger partial charge in [0.1, 0.15) is 17.1 Å². The molecular weight excluding hydrogens is 314 g/mol. The van der Waals surface area contributed by atoms with Gasteiger partial charge in [-0.05, 0) is 49.1 Å². The fraction of sp³-hybridized carbons (Fsp3) is 0.190. The molecular formula is C21H19NO3. The van der Waals surface area contributed by atoms with Crippen molar-refractivity contribution in [3.8, 4) is 5.75 Å². The summed E-state index contributed by atoms with van der Waals surface area (Å²) < 4.78 is 11.5. The van der Waals surface area contributed by atoms with E-state index in [-0.39, 0.29) is 5.43 Å². The van der Waals surface area contributed by atoms with E-state index in [2.05, 4.69) is 6.08 Å². The van der Waals surface area contributed by atoms with Gasteiger partial charge >= 0.3 is 0 Å². The Hall–Kier alpha value is -3.01. The monoisotopic (exact) mass is 333 g/mol. The van der Waals surface area contributed by atoms with Gasteiger partial charge in [0.2, 0.25) is 0 Å². The van der Waals surface area contributed by atoms with Crippen molar-refractivity contribution in [2.75, 3.05) is 12.8 Å². The van der Waals surface area contributed by atoms with Crippen LogP contribution >= 0.6 is 0 Å². The first-order valence-electron chi connectivity index (χ1n) is 8.36. The Morgan fingerprint density at radius 1 is 1.16 bits per heavy atom. The highest BCUT2D eigenvalue weighted by atomic mass is 16.5. The molecule has 1 heterocycles. The van der Waals surface area contributed by atoms with Crippen LogP contribution in [0.5, 0.6) is 5.75 Å². The van der Waals surface area contributed by atoms with Crippen LogP contribution in [0.25, 0.3) is 22.6 Å². The van der Waals surface area contributed by atoms with Crippen molar-refractivity contribution in [3.05, 3.63) is 69.6 Å². The van der Waals surface area contributed by atoms with E-state index in [1.165, 1.54) is 0 Å². The Morgan fingerprint density at radius 2 is 2.00 bits per heavy atom. The molecule has 1 aliphatic rings. The van der Waals surface area contributed by atoms with Crippen LogP contribution in [0.2, 0.25) is 0 Å². The van der Waals surface area contributed by atoms with Crippen LogP contribution in [0, 0.1) is 0 Å². The predicted octanol–water partition coefficient (Wildman–Crippen LogP) is 4.26. The Balaban J connectivity index is 1.94. The van der Waals surface area contributed by atoms with Gasteiger partial charge in [0.25, 0.3) is 0 Å². The average Bonchev–Trinajstić information content (AvgIpc) is 2.63. The highest BCUT2D eigenvalue weighted by Crippen LogP contribution is 2.34. The van der Waals surface area contributed by atoms with Crippen LogP contribution in [0.3, 0.4) is 0 Å². The molecule has 0 spiro atoms. The molecule has 0 saturated heterocycles. The summed E-state index contributed by atoms with van der Waals surface area (Å²) in [5.41, 5.74) is 9.77. The molecule has 0 radical (unpaired) electrons. The number of nitrogen functional groups attached to an aromatic ring is 1. The second kappa shape index (κ2) is 6.13. The lowest BCUT2D eigenvalue weighted by molar-refractivity contribution is 0.414. The van der Waals surface area contributed by atoms with Gasteiger partial charge in [-0.3, -0.25) is 4.79 Å². The third-order valence-corrected chi connectivity index (χ3v) is 4.64. The maximum atomic E-state index is 12.9. The van der Waals surface area contributed by atoms with Crippen molar-refractivity contribution in [1.29, 1.82) is 0 Å². The van der Waals surface area contributed by atoms with Crippen LogP contribution < -0.4 is 15.9 Å². The molecule has 0 aliphatic heterocycles. The Bertz CT molecular complexity index is 1050. The summed E-state index contributed by atoms with van der Waals surface area (Å²) in [5, 5.41) is 0.589. The number of anilines is 1. The Morgan fingerprint density at radius 3 is 2.84 bits per heavy atom. The standard InChI is InChI=1S/C21H19NO3/c1-24-18-8-3-2-5-13(18)11-14-6-4-7-17-20(23)16-10-9-15(22)12-19(16)25-21(14)17/h2-3,5,8-12H,4,6-7,22H2,1H3. The zero-order chi connectivity index (χ0) is 17.4. The summed E-state index contributed by atoms with van der Waals surface area (Å²) >= 11 is 0. The zero-order valence-electron chi connectivity index (χ0n) is 14.0. The van der Waals surface area contributed by atoms with Crippen molar-refractivity contribution in [3.63, 3.8) is 0 Å². The van der Waals surface area contributed by atoms with Gasteiger partial charge in [0, 0.05) is 22.9 Å². The van der Waals surface area contributed by atoms with E-state index in [1.54, 1.807) is 25.3 Å². The van der Waals surface area contributed by atoms with E-state index in [9.17, 15) is 4.79 Å². The summed E-state index contributed by atoms with van der Waals surface area (Å²) in [5.74, 6) is 1.48. The molecule has 0 atom stereocenters. The number of fused-ring (bicyclic) bond motifs is 2. The van der Waals surface area contributed by atoms with Crippen molar-refractivity contribution in [1.82, 2.24) is 0 Å². The molecule has 1 aromatic heterocycles. The second-order valence-corrected chi connectivity index (χ2v) is 6.26. The first kappa shape index (κ1) is 15.5. The summed E-state index contributed by atoms with van der Waals surface area (Å²) in [7, 11) is 1.66. The molecule has 4 rings (SSSR count). The topological polar surface area (TPSA) is 65.5 Å². The van der Waals surface area contributed by atoms with E-state index < -0.39 is 0 Å². The Kier molecular flexibility index (Phi) is 3.80. The molecule has 0 unspecified atom stereocenters. The first-order valence-corrected chi connectivity index (χ1v) is 8.36. The predicted molar refractivity (Wildman–Crippen MR) is 101 cm³/mol. The number of benzene rings is 2. The number of ether oxygens (including phenoxy) is 1. The van der Waals surface area contributed by atoms with E-state index >= 15 is 0 Å². The fourth-order valence-corrected chi connectivity index (χ4v) is 3.41. The fourth-order valence-electron chi connectivity index (χ4n) is 3.41. The zero-order valence-corrected chi connectivity index (χ0v) is 14.0. The number of allylic oxidation sites excluding steroid dienone is 1. The van der Waals surface area contributed by atoms with Gasteiger partial charge in [0.15, 0.2) is 5.43 Å². The molecule has 25 heavy (non-hydrogen) atoms. The van der Waals surface area contributed by atoms with Gasteiger partial charge in [-0.2, -0.15) is 0 Å². The summed E-state index contributed by atoms with van der Waals surface area (Å²) in [6.07, 6.45) is 4.58. The molecule has 0 saturated carbocycles. The van der Waals surface area contributed by atoms with Crippen molar-refractivity contribution >= 4 is 28.3 Å². The molecule has 0 fully saturated rings. The lowest BCUT2D eigenvalue weighted by Crippen LogP contribution is -2.16. The number of para-hydroxylation sites is 1. The summed E-state index contributed by atoms with van der Waals surface area (Å²) in [4.78, 5) is 12.9. The minimum atomic E-state index is 0.0434. The molecule has 0 bridgehead atoms. The number of hydrogen-bond acceptors (Lipinski definition) is 4. The number of rotatable bonds is 2. The van der Waals surface area contributed by atoms with Crippen LogP contribution in [0.1, 0.15) is 29.7 Å². The minimum Gasteiger partial charge on any atom is -0.496 e. The molecule has 4 heteroatoms. The Labute approximate surface area is 145 Å². The maximum Gasteiger partial charge on any atom is 0.196 e. The lowest BCUT2D eigenvalue weighted by Gasteiger charge is -2.18. The molecule has 4 nitrogen and oxygen atoms in total. The number of nitrogens with two attached hydrogens (primary N) is 1. The molecule has 2 N–H and O–H groups in total. The van der Waals surface area contributed by atoms with Crippen LogP contribution in [-0.4, -0.2) is 7.11 Å². The molecule has 3 aromatic rings.